The van der Waals surface area contributed by atoms with Gasteiger partial charge in [-0.25, -0.2) is 0 Å². The lowest BCUT2D eigenvalue weighted by Crippen LogP contribution is -2.20. The molecular weight excluding hydrogens is 284 g/mol. The second kappa shape index (κ2) is 7.09. The van der Waals surface area contributed by atoms with Gasteiger partial charge in [0.15, 0.2) is 5.82 Å². The van der Waals surface area contributed by atoms with Crippen LogP contribution in [0.4, 0.5) is 0 Å². The quantitative estimate of drug-likeness (QED) is 0.823. The van der Waals surface area contributed by atoms with Crippen LogP contribution in [0.25, 0.3) is 0 Å². The van der Waals surface area contributed by atoms with Crippen LogP contribution in [-0.2, 0) is 5.75 Å². The van der Waals surface area contributed by atoms with Gasteiger partial charge in [0.1, 0.15) is 0 Å². The SMILES string of the molecule is Cc1cccc(SCc2noc(C(C(C)C)C(C)O)n2)c1. The van der Waals surface area contributed by atoms with E-state index in [0.717, 1.165) is 0 Å². The standard InChI is InChI=1S/C16H22N2O2S/c1-10(2)15(12(4)19)16-17-14(18-20-16)9-21-13-7-5-6-11(3)8-13/h5-8,10,12,15,19H,9H2,1-4H3. The van der Waals surface area contributed by atoms with Gasteiger partial charge >= 0.3 is 0 Å². The van der Waals surface area contributed by atoms with Gasteiger partial charge in [0, 0.05) is 4.90 Å². The van der Waals surface area contributed by atoms with Crippen molar-refractivity contribution in [2.45, 2.75) is 50.4 Å². The van der Waals surface area contributed by atoms with Gasteiger partial charge in [0.25, 0.3) is 0 Å². The highest BCUT2D eigenvalue weighted by molar-refractivity contribution is 7.98. The molecule has 1 heterocycles. The lowest BCUT2D eigenvalue weighted by molar-refractivity contribution is 0.120. The van der Waals surface area contributed by atoms with E-state index < -0.39 is 6.10 Å². The Morgan fingerprint density at radius 1 is 1.29 bits per heavy atom. The molecule has 4 nitrogen and oxygen atoms in total. The Bertz CT molecular complexity index is 573. The van der Waals surface area contributed by atoms with E-state index >= 15 is 0 Å². The van der Waals surface area contributed by atoms with Crippen LogP contribution in [0.5, 0.6) is 0 Å². The minimum atomic E-state index is -0.497. The molecule has 0 bridgehead atoms. The van der Waals surface area contributed by atoms with Crippen molar-refractivity contribution >= 4 is 11.8 Å². The van der Waals surface area contributed by atoms with E-state index in [1.165, 1.54) is 10.5 Å². The average Bonchev–Trinajstić information content (AvgIpc) is 2.84. The zero-order valence-corrected chi connectivity index (χ0v) is 13.7. The molecule has 2 atom stereocenters. The Hall–Kier alpha value is -1.33. The molecule has 0 aliphatic heterocycles. The molecule has 0 amide bonds. The van der Waals surface area contributed by atoms with Crippen LogP contribution in [0.15, 0.2) is 33.7 Å². The molecule has 5 heteroatoms. The Kier molecular flexibility index (Phi) is 5.42. The predicted octanol–water partition coefficient (Wildman–Crippen LogP) is 3.79. The first-order chi connectivity index (χ1) is 9.97. The monoisotopic (exact) mass is 306 g/mol. The number of rotatable bonds is 6. The Labute approximate surface area is 130 Å². The zero-order valence-electron chi connectivity index (χ0n) is 12.9. The lowest BCUT2D eigenvalue weighted by atomic mass is 9.91. The van der Waals surface area contributed by atoms with Gasteiger partial charge in [-0.3, -0.25) is 0 Å². The van der Waals surface area contributed by atoms with Crippen LogP contribution in [-0.4, -0.2) is 21.4 Å². The van der Waals surface area contributed by atoms with Gasteiger partial charge in [-0.15, -0.1) is 11.8 Å². The number of nitrogens with zero attached hydrogens (tertiary/aromatic N) is 2. The summed E-state index contributed by atoms with van der Waals surface area (Å²) < 4.78 is 5.33. The number of benzene rings is 1. The third kappa shape index (κ3) is 4.32. The van der Waals surface area contributed by atoms with Crippen LogP contribution in [0, 0.1) is 12.8 Å². The van der Waals surface area contributed by atoms with Crippen molar-refractivity contribution in [1.29, 1.82) is 0 Å². The highest BCUT2D eigenvalue weighted by Gasteiger charge is 2.27. The molecule has 0 spiro atoms. The second-order valence-corrected chi connectivity index (χ2v) is 6.71. The minimum Gasteiger partial charge on any atom is -0.393 e. The van der Waals surface area contributed by atoms with E-state index in [-0.39, 0.29) is 11.8 Å². The number of aliphatic hydroxyl groups is 1. The smallest absolute Gasteiger partial charge is 0.232 e. The zero-order chi connectivity index (χ0) is 15.4. The van der Waals surface area contributed by atoms with Crippen LogP contribution in [0.1, 0.15) is 44.0 Å². The second-order valence-electron chi connectivity index (χ2n) is 5.66. The fourth-order valence-corrected chi connectivity index (χ4v) is 3.22. The predicted molar refractivity (Wildman–Crippen MR) is 84.3 cm³/mol. The van der Waals surface area contributed by atoms with E-state index in [1.807, 2.05) is 19.9 Å². The molecule has 21 heavy (non-hydrogen) atoms. The molecule has 0 saturated carbocycles. The average molecular weight is 306 g/mol. The molecular formula is C16H22N2O2S. The summed E-state index contributed by atoms with van der Waals surface area (Å²) in [7, 11) is 0. The first-order valence-corrected chi connectivity index (χ1v) is 8.16. The molecule has 2 rings (SSSR count). The number of hydrogen-bond acceptors (Lipinski definition) is 5. The first-order valence-electron chi connectivity index (χ1n) is 7.17. The molecule has 0 radical (unpaired) electrons. The van der Waals surface area contributed by atoms with Crippen LogP contribution in [0.2, 0.25) is 0 Å². The summed E-state index contributed by atoms with van der Waals surface area (Å²) in [4.78, 5) is 5.62. The maximum absolute atomic E-state index is 9.85. The number of aliphatic hydroxyl groups excluding tert-OH is 1. The van der Waals surface area contributed by atoms with E-state index in [2.05, 4.69) is 35.3 Å². The lowest BCUT2D eigenvalue weighted by Gasteiger charge is -2.19. The van der Waals surface area contributed by atoms with E-state index in [4.69, 9.17) is 4.52 Å². The van der Waals surface area contributed by atoms with Crippen molar-refractivity contribution in [3.8, 4) is 0 Å². The third-order valence-electron chi connectivity index (χ3n) is 3.36. The molecule has 1 aromatic heterocycles. The number of aryl methyl sites for hydroxylation is 1. The van der Waals surface area contributed by atoms with Crippen molar-refractivity contribution in [3.05, 3.63) is 41.5 Å². The number of aromatic nitrogens is 2. The summed E-state index contributed by atoms with van der Waals surface area (Å²) >= 11 is 1.68. The molecule has 0 saturated heterocycles. The highest BCUT2D eigenvalue weighted by atomic mass is 32.2. The van der Waals surface area contributed by atoms with Crippen molar-refractivity contribution in [1.82, 2.24) is 10.1 Å². The Morgan fingerprint density at radius 3 is 2.67 bits per heavy atom. The molecule has 2 aromatic rings. The molecule has 2 unspecified atom stereocenters. The summed E-state index contributed by atoms with van der Waals surface area (Å²) in [5.74, 6) is 2.00. The van der Waals surface area contributed by atoms with Crippen molar-refractivity contribution in [2.75, 3.05) is 0 Å². The van der Waals surface area contributed by atoms with Crippen molar-refractivity contribution < 1.29 is 9.63 Å². The largest absolute Gasteiger partial charge is 0.393 e. The van der Waals surface area contributed by atoms with Gasteiger partial charge in [-0.1, -0.05) is 36.7 Å². The summed E-state index contributed by atoms with van der Waals surface area (Å²) in [6.07, 6.45) is -0.497. The van der Waals surface area contributed by atoms with Gasteiger partial charge in [0.05, 0.1) is 17.8 Å². The van der Waals surface area contributed by atoms with Crippen molar-refractivity contribution in [2.24, 2.45) is 5.92 Å². The topological polar surface area (TPSA) is 59.2 Å². The van der Waals surface area contributed by atoms with Crippen LogP contribution < -0.4 is 0 Å². The minimum absolute atomic E-state index is 0.116. The first kappa shape index (κ1) is 16.0. The van der Waals surface area contributed by atoms with E-state index in [0.29, 0.717) is 17.5 Å². The maximum atomic E-state index is 9.85. The molecule has 0 aliphatic rings. The van der Waals surface area contributed by atoms with Gasteiger partial charge in [-0.2, -0.15) is 4.98 Å². The van der Waals surface area contributed by atoms with E-state index in [9.17, 15) is 5.11 Å². The third-order valence-corrected chi connectivity index (χ3v) is 4.35. The Morgan fingerprint density at radius 2 is 2.05 bits per heavy atom. The fourth-order valence-electron chi connectivity index (χ4n) is 2.36. The number of hydrogen-bond donors (Lipinski definition) is 1. The van der Waals surface area contributed by atoms with Crippen LogP contribution in [0.3, 0.4) is 0 Å². The fraction of sp³-hybridized carbons (Fsp3) is 0.500. The molecule has 114 valence electrons. The van der Waals surface area contributed by atoms with Crippen LogP contribution >= 0.6 is 11.8 Å². The summed E-state index contributed by atoms with van der Waals surface area (Å²) in [6.45, 7) is 7.92. The summed E-state index contributed by atoms with van der Waals surface area (Å²) in [6, 6.07) is 8.33. The molecule has 0 aliphatic carbocycles. The summed E-state index contributed by atoms with van der Waals surface area (Å²) in [5.41, 5.74) is 1.24. The van der Waals surface area contributed by atoms with Gasteiger partial charge in [-0.05, 0) is 31.9 Å². The normalized spacial score (nSPS) is 14.4. The molecule has 1 N–H and O–H groups in total. The summed E-state index contributed by atoms with van der Waals surface area (Å²) in [5, 5.41) is 13.9. The number of thioether (sulfide) groups is 1. The molecule has 0 fully saturated rings. The molecule has 1 aromatic carbocycles. The van der Waals surface area contributed by atoms with Gasteiger partial charge in [0.2, 0.25) is 5.89 Å². The Balaban J connectivity index is 2.03. The van der Waals surface area contributed by atoms with Crippen molar-refractivity contribution in [3.63, 3.8) is 0 Å². The highest BCUT2D eigenvalue weighted by Crippen LogP contribution is 2.28. The maximum Gasteiger partial charge on any atom is 0.232 e. The van der Waals surface area contributed by atoms with Gasteiger partial charge < -0.3 is 9.63 Å². The van der Waals surface area contributed by atoms with E-state index in [1.54, 1.807) is 18.7 Å².